The molecular formula is C19H32N4OSSi2. The van der Waals surface area contributed by atoms with Gasteiger partial charge in [-0.2, -0.15) is 0 Å². The van der Waals surface area contributed by atoms with E-state index in [1.54, 1.807) is 24.2 Å². The van der Waals surface area contributed by atoms with Crippen LogP contribution in [-0.4, -0.2) is 42.3 Å². The highest BCUT2D eigenvalue weighted by molar-refractivity contribution is 7.99. The number of hydrogen-bond donors (Lipinski definition) is 0. The summed E-state index contributed by atoms with van der Waals surface area (Å²) in [6, 6.07) is 6.13. The van der Waals surface area contributed by atoms with E-state index in [4.69, 9.17) is 4.12 Å². The molecule has 0 saturated carbocycles. The normalized spacial score (nSPS) is 12.3. The van der Waals surface area contributed by atoms with Crippen LogP contribution in [0, 0.1) is 0 Å². The molecule has 2 aromatic heterocycles. The molecule has 0 amide bonds. The minimum Gasteiger partial charge on any atom is -0.455 e. The molecule has 0 N–H and O–H groups in total. The molecular weight excluding hydrogens is 388 g/mol. The van der Waals surface area contributed by atoms with Crippen molar-refractivity contribution >= 4 is 28.4 Å². The predicted molar refractivity (Wildman–Crippen MR) is 118 cm³/mol. The van der Waals surface area contributed by atoms with Crippen LogP contribution in [0.4, 0.5) is 0 Å². The van der Waals surface area contributed by atoms with Crippen molar-refractivity contribution in [1.82, 2.24) is 19.9 Å². The van der Waals surface area contributed by atoms with E-state index >= 15 is 0 Å². The monoisotopic (exact) mass is 420 g/mol. The zero-order valence-corrected chi connectivity index (χ0v) is 19.8. The second kappa shape index (κ2) is 11.0. The Kier molecular flexibility index (Phi) is 9.07. The van der Waals surface area contributed by atoms with Crippen LogP contribution >= 0.6 is 11.8 Å². The highest BCUT2D eigenvalue weighted by Gasteiger charge is 2.32. The van der Waals surface area contributed by atoms with Crippen molar-refractivity contribution in [2.24, 2.45) is 0 Å². The first-order chi connectivity index (χ1) is 12.9. The first kappa shape index (κ1) is 22.2. The molecule has 0 aromatic carbocycles. The average molecular weight is 421 g/mol. The van der Waals surface area contributed by atoms with Crippen molar-refractivity contribution in [3.63, 3.8) is 0 Å². The van der Waals surface area contributed by atoms with Crippen LogP contribution in [-0.2, 0) is 10.5 Å². The summed E-state index contributed by atoms with van der Waals surface area (Å²) in [5.41, 5.74) is 0. The molecule has 0 unspecified atom stereocenters. The molecule has 2 aromatic rings. The van der Waals surface area contributed by atoms with Gasteiger partial charge in [-0.25, -0.2) is 19.9 Å². The van der Waals surface area contributed by atoms with Crippen LogP contribution in [0.25, 0.3) is 0 Å². The van der Waals surface area contributed by atoms with Gasteiger partial charge in [-0.1, -0.05) is 18.2 Å². The van der Waals surface area contributed by atoms with E-state index in [-0.39, 0.29) is 0 Å². The van der Waals surface area contributed by atoms with Gasteiger partial charge in [0.05, 0.1) is 0 Å². The van der Waals surface area contributed by atoms with Crippen molar-refractivity contribution in [3.05, 3.63) is 42.7 Å². The van der Waals surface area contributed by atoms with Crippen molar-refractivity contribution < 1.29 is 4.12 Å². The summed E-state index contributed by atoms with van der Waals surface area (Å²) in [6.07, 6.45) is 11.7. The van der Waals surface area contributed by atoms with Crippen LogP contribution in [0.1, 0.15) is 25.1 Å². The topological polar surface area (TPSA) is 60.8 Å². The Hall–Kier alpha value is -1.10. The Bertz CT molecular complexity index is 602. The molecule has 0 aliphatic heterocycles. The molecule has 2 heterocycles. The van der Waals surface area contributed by atoms with Gasteiger partial charge in [0.25, 0.3) is 0 Å². The third-order valence-corrected chi connectivity index (χ3v) is 12.8. The molecule has 0 aliphatic rings. The third-order valence-electron chi connectivity index (χ3n) is 4.30. The Morgan fingerprint density at radius 3 is 1.96 bits per heavy atom. The number of nitrogens with zero attached hydrogens (tertiary/aromatic N) is 4. The second-order valence-corrected chi connectivity index (χ2v) is 17.9. The van der Waals surface area contributed by atoms with Gasteiger partial charge in [-0.05, 0) is 63.3 Å². The molecule has 0 aliphatic carbocycles. The lowest BCUT2D eigenvalue weighted by Crippen LogP contribution is -2.44. The average Bonchev–Trinajstić information content (AvgIpc) is 2.63. The maximum atomic E-state index is 6.74. The fourth-order valence-electron chi connectivity index (χ4n) is 3.16. The minimum atomic E-state index is -1.62. The van der Waals surface area contributed by atoms with Crippen LogP contribution in [0.15, 0.2) is 42.1 Å². The van der Waals surface area contributed by atoms with E-state index in [1.807, 2.05) is 24.5 Å². The molecule has 0 saturated heterocycles. The lowest BCUT2D eigenvalue weighted by atomic mass is 10.2. The van der Waals surface area contributed by atoms with Gasteiger partial charge in [-0.15, -0.1) is 0 Å². The molecule has 0 fully saturated rings. The maximum Gasteiger partial charge on any atom is 0.187 e. The molecule has 0 radical (unpaired) electrons. The fraction of sp³-hybridized carbons (Fsp3) is 0.579. The number of rotatable bonds is 12. The summed E-state index contributed by atoms with van der Waals surface area (Å²) < 4.78 is 6.74. The highest BCUT2D eigenvalue weighted by atomic mass is 32.2. The summed E-state index contributed by atoms with van der Waals surface area (Å²) in [4.78, 5) is 17.1. The molecule has 5 nitrogen and oxygen atoms in total. The summed E-state index contributed by atoms with van der Waals surface area (Å²) in [6.45, 7) is 9.47. The first-order valence-corrected chi connectivity index (χ1v) is 16.9. The molecule has 0 bridgehead atoms. The standard InChI is InChI=1S/C19H32N4OSSi2/c1-26(2,16-6-5-10-18-20-11-7-12-21-18)24-27(3,4)17-9-15-25-19-22-13-8-14-23-19/h7-8,11-14H,5-6,9-10,15-17H2,1-4H3. The van der Waals surface area contributed by atoms with Crippen molar-refractivity contribution in [2.45, 2.75) is 69.1 Å². The lowest BCUT2D eigenvalue weighted by molar-refractivity contribution is 0.529. The maximum absolute atomic E-state index is 6.74. The van der Waals surface area contributed by atoms with Gasteiger partial charge in [-0.3, -0.25) is 0 Å². The Morgan fingerprint density at radius 2 is 1.33 bits per heavy atom. The van der Waals surface area contributed by atoms with E-state index < -0.39 is 16.6 Å². The lowest BCUT2D eigenvalue weighted by Gasteiger charge is -2.34. The van der Waals surface area contributed by atoms with Gasteiger partial charge in [0, 0.05) is 37.0 Å². The second-order valence-electron chi connectivity index (χ2n) is 7.98. The summed E-state index contributed by atoms with van der Waals surface area (Å²) in [5.74, 6) is 2.01. The van der Waals surface area contributed by atoms with Crippen LogP contribution in [0.2, 0.25) is 38.3 Å². The summed E-state index contributed by atoms with van der Waals surface area (Å²) in [5, 5.41) is 0.870. The molecule has 2 rings (SSSR count). The first-order valence-electron chi connectivity index (χ1n) is 9.72. The molecule has 0 atom stereocenters. The number of hydrogen-bond acceptors (Lipinski definition) is 6. The van der Waals surface area contributed by atoms with Crippen molar-refractivity contribution in [1.29, 1.82) is 0 Å². The van der Waals surface area contributed by atoms with E-state index in [0.29, 0.717) is 0 Å². The summed E-state index contributed by atoms with van der Waals surface area (Å²) in [7, 11) is -3.23. The van der Waals surface area contributed by atoms with Gasteiger partial charge < -0.3 is 4.12 Å². The fourth-order valence-corrected chi connectivity index (χ4v) is 13.1. The van der Waals surface area contributed by atoms with Crippen molar-refractivity contribution in [2.75, 3.05) is 5.75 Å². The van der Waals surface area contributed by atoms with Gasteiger partial charge in [0.2, 0.25) is 0 Å². The molecule has 0 spiro atoms. The Labute approximate surface area is 170 Å². The molecule has 27 heavy (non-hydrogen) atoms. The predicted octanol–water partition coefficient (Wildman–Crippen LogP) is 5.20. The SMILES string of the molecule is C[Si](C)(CCCCc1ncccn1)O[Si](C)(C)CCCSc1ncccn1. The van der Waals surface area contributed by atoms with E-state index in [2.05, 4.69) is 46.1 Å². The van der Waals surface area contributed by atoms with Crippen LogP contribution < -0.4 is 0 Å². The zero-order valence-electron chi connectivity index (χ0n) is 17.0. The number of thioether (sulfide) groups is 1. The Morgan fingerprint density at radius 1 is 0.778 bits per heavy atom. The zero-order chi connectivity index (χ0) is 19.6. The van der Waals surface area contributed by atoms with Gasteiger partial charge in [0.15, 0.2) is 21.8 Å². The molecule has 148 valence electrons. The summed E-state index contributed by atoms with van der Waals surface area (Å²) >= 11 is 1.74. The van der Waals surface area contributed by atoms with Crippen LogP contribution in [0.5, 0.6) is 0 Å². The Balaban J connectivity index is 1.64. The smallest absolute Gasteiger partial charge is 0.187 e. The van der Waals surface area contributed by atoms with E-state index in [0.717, 1.165) is 36.0 Å². The van der Waals surface area contributed by atoms with E-state index in [1.165, 1.54) is 18.5 Å². The minimum absolute atomic E-state index is 0.870. The highest BCUT2D eigenvalue weighted by Crippen LogP contribution is 2.25. The van der Waals surface area contributed by atoms with Crippen LogP contribution in [0.3, 0.4) is 0 Å². The third kappa shape index (κ3) is 9.59. The van der Waals surface area contributed by atoms with Crippen molar-refractivity contribution in [3.8, 4) is 0 Å². The van der Waals surface area contributed by atoms with Gasteiger partial charge >= 0.3 is 0 Å². The van der Waals surface area contributed by atoms with E-state index in [9.17, 15) is 0 Å². The largest absolute Gasteiger partial charge is 0.455 e. The number of unbranched alkanes of at least 4 members (excludes halogenated alkanes) is 1. The quantitative estimate of drug-likeness (QED) is 0.204. The van der Waals surface area contributed by atoms with Gasteiger partial charge in [0.1, 0.15) is 5.82 Å². The number of aromatic nitrogens is 4. The number of aryl methyl sites for hydroxylation is 1. The molecule has 8 heteroatoms.